The fraction of sp³-hybridized carbons (Fsp3) is 0.600. The Balaban J connectivity index is 3.41. The number of carboxylic acid groups (broad SMARTS) is 1. The molecule has 0 aromatic heterocycles. The van der Waals surface area contributed by atoms with Gasteiger partial charge in [0.2, 0.25) is 0 Å². The Morgan fingerprint density at radius 1 is 1.23 bits per heavy atom. The van der Waals surface area contributed by atoms with Gasteiger partial charge in [0.15, 0.2) is 0 Å². The molecule has 0 aromatic carbocycles. The summed E-state index contributed by atoms with van der Waals surface area (Å²) in [6.07, 6.45) is 6.06. The second-order valence-electron chi connectivity index (χ2n) is 2.87. The number of allylic oxidation sites excluding steroid dienone is 2. The first-order valence-electron chi connectivity index (χ1n) is 4.55. The molecular weight excluding hydrogens is 168 g/mol. The highest BCUT2D eigenvalue weighted by Gasteiger charge is 2.01. The maximum Gasteiger partial charge on any atom is 0.303 e. The van der Waals surface area contributed by atoms with Crippen molar-refractivity contribution in [2.24, 2.45) is 0 Å². The highest BCUT2D eigenvalue weighted by atomic mass is 16.4. The van der Waals surface area contributed by atoms with Gasteiger partial charge < -0.3 is 5.11 Å². The van der Waals surface area contributed by atoms with E-state index in [0.717, 1.165) is 6.42 Å². The third kappa shape index (κ3) is 8.79. The highest BCUT2D eigenvalue weighted by Crippen LogP contribution is 2.00. The number of hydrogen-bond acceptors (Lipinski definition) is 2. The van der Waals surface area contributed by atoms with Crippen molar-refractivity contribution in [3.8, 4) is 0 Å². The lowest BCUT2D eigenvalue weighted by Gasteiger charge is -1.94. The smallest absolute Gasteiger partial charge is 0.303 e. The third-order valence-electron chi connectivity index (χ3n) is 1.59. The molecule has 74 valence electrons. The molecule has 0 spiro atoms. The van der Waals surface area contributed by atoms with Gasteiger partial charge in [0, 0.05) is 19.3 Å². The Morgan fingerprint density at radius 2 is 1.92 bits per heavy atom. The monoisotopic (exact) mass is 184 g/mol. The predicted molar refractivity (Wildman–Crippen MR) is 50.5 cm³/mol. The van der Waals surface area contributed by atoms with Crippen LogP contribution < -0.4 is 0 Å². The van der Waals surface area contributed by atoms with Crippen molar-refractivity contribution in [2.75, 3.05) is 0 Å². The number of ketones is 1. The first-order chi connectivity index (χ1) is 6.16. The molecule has 0 amide bonds. The van der Waals surface area contributed by atoms with Crippen molar-refractivity contribution >= 4 is 11.8 Å². The lowest BCUT2D eigenvalue weighted by atomic mass is 10.1. The molecule has 0 aromatic rings. The SMILES string of the molecule is CC/C=C/CC(=O)CCCC(=O)O. The third-order valence-corrected chi connectivity index (χ3v) is 1.59. The van der Waals surface area contributed by atoms with Gasteiger partial charge in [-0.2, -0.15) is 0 Å². The lowest BCUT2D eigenvalue weighted by molar-refractivity contribution is -0.137. The van der Waals surface area contributed by atoms with E-state index in [1.807, 2.05) is 19.1 Å². The van der Waals surface area contributed by atoms with E-state index in [1.165, 1.54) is 0 Å². The average molecular weight is 184 g/mol. The summed E-state index contributed by atoms with van der Waals surface area (Å²) >= 11 is 0. The van der Waals surface area contributed by atoms with Gasteiger partial charge in [0.05, 0.1) is 0 Å². The van der Waals surface area contributed by atoms with Crippen molar-refractivity contribution < 1.29 is 14.7 Å². The Labute approximate surface area is 78.5 Å². The Hall–Kier alpha value is -1.12. The molecule has 0 rings (SSSR count). The molecule has 3 heteroatoms. The van der Waals surface area contributed by atoms with Crippen LogP contribution in [0.25, 0.3) is 0 Å². The topological polar surface area (TPSA) is 54.4 Å². The minimum atomic E-state index is -0.836. The van der Waals surface area contributed by atoms with Crippen molar-refractivity contribution in [3.63, 3.8) is 0 Å². The zero-order valence-electron chi connectivity index (χ0n) is 7.95. The number of carbonyl (C=O) groups is 2. The molecule has 0 aliphatic carbocycles. The van der Waals surface area contributed by atoms with E-state index in [-0.39, 0.29) is 12.2 Å². The summed E-state index contributed by atoms with van der Waals surface area (Å²) in [6, 6.07) is 0. The number of hydrogen-bond donors (Lipinski definition) is 1. The van der Waals surface area contributed by atoms with Gasteiger partial charge >= 0.3 is 5.97 Å². The minimum Gasteiger partial charge on any atom is -0.481 e. The van der Waals surface area contributed by atoms with Gasteiger partial charge in [-0.3, -0.25) is 9.59 Å². The number of rotatable bonds is 7. The van der Waals surface area contributed by atoms with Crippen LogP contribution >= 0.6 is 0 Å². The molecule has 1 N–H and O–H groups in total. The summed E-state index contributed by atoms with van der Waals surface area (Å²) in [5.41, 5.74) is 0. The molecule has 13 heavy (non-hydrogen) atoms. The Bertz CT molecular complexity index is 194. The number of aliphatic carboxylic acids is 1. The van der Waals surface area contributed by atoms with Crippen molar-refractivity contribution in [1.82, 2.24) is 0 Å². The summed E-state index contributed by atoms with van der Waals surface area (Å²) in [4.78, 5) is 21.2. The van der Waals surface area contributed by atoms with E-state index >= 15 is 0 Å². The molecule has 0 heterocycles. The quantitative estimate of drug-likeness (QED) is 0.617. The highest BCUT2D eigenvalue weighted by molar-refractivity contribution is 5.80. The zero-order chi connectivity index (χ0) is 10.1. The molecule has 0 aliphatic rings. The van der Waals surface area contributed by atoms with E-state index in [0.29, 0.717) is 19.3 Å². The van der Waals surface area contributed by atoms with Crippen molar-refractivity contribution in [1.29, 1.82) is 0 Å². The van der Waals surface area contributed by atoms with Gasteiger partial charge in [-0.25, -0.2) is 0 Å². The maximum atomic E-state index is 11.1. The largest absolute Gasteiger partial charge is 0.481 e. The van der Waals surface area contributed by atoms with Gasteiger partial charge in [-0.1, -0.05) is 19.1 Å². The average Bonchev–Trinajstić information content (AvgIpc) is 2.04. The van der Waals surface area contributed by atoms with Crippen LogP contribution in [0.15, 0.2) is 12.2 Å². The van der Waals surface area contributed by atoms with Gasteiger partial charge in [-0.15, -0.1) is 0 Å². The van der Waals surface area contributed by atoms with Crippen LogP contribution in [0.5, 0.6) is 0 Å². The number of Topliss-reactive ketones (excluding diaryl/α,β-unsaturated/α-hetero) is 1. The Kier molecular flexibility index (Phi) is 6.88. The normalized spacial score (nSPS) is 10.5. The van der Waals surface area contributed by atoms with Crippen LogP contribution in [0.4, 0.5) is 0 Å². The molecule has 0 saturated heterocycles. The molecule has 0 aliphatic heterocycles. The molecule has 0 fully saturated rings. The fourth-order valence-corrected chi connectivity index (χ4v) is 0.920. The molecular formula is C10H16O3. The maximum absolute atomic E-state index is 11.1. The van der Waals surface area contributed by atoms with Crippen molar-refractivity contribution in [2.45, 2.75) is 39.0 Å². The summed E-state index contributed by atoms with van der Waals surface area (Å²) in [7, 11) is 0. The molecule has 0 saturated carbocycles. The van der Waals surface area contributed by atoms with Crippen LogP contribution in [-0.4, -0.2) is 16.9 Å². The first kappa shape index (κ1) is 11.9. The minimum absolute atomic E-state index is 0.0865. The predicted octanol–water partition coefficient (Wildman–Crippen LogP) is 2.17. The van der Waals surface area contributed by atoms with Gasteiger partial charge in [-0.05, 0) is 12.8 Å². The molecule has 3 nitrogen and oxygen atoms in total. The van der Waals surface area contributed by atoms with E-state index in [1.54, 1.807) is 0 Å². The zero-order valence-corrected chi connectivity index (χ0v) is 7.95. The summed E-state index contributed by atoms with van der Waals surface area (Å²) < 4.78 is 0. The second kappa shape index (κ2) is 7.53. The van der Waals surface area contributed by atoms with E-state index < -0.39 is 5.97 Å². The number of carbonyl (C=O) groups excluding carboxylic acids is 1. The molecule has 0 bridgehead atoms. The van der Waals surface area contributed by atoms with Gasteiger partial charge in [0.1, 0.15) is 5.78 Å². The second-order valence-corrected chi connectivity index (χ2v) is 2.87. The van der Waals surface area contributed by atoms with Gasteiger partial charge in [0.25, 0.3) is 0 Å². The molecule has 0 radical (unpaired) electrons. The van der Waals surface area contributed by atoms with E-state index in [9.17, 15) is 9.59 Å². The van der Waals surface area contributed by atoms with Crippen LogP contribution in [0.2, 0.25) is 0 Å². The first-order valence-corrected chi connectivity index (χ1v) is 4.55. The van der Waals surface area contributed by atoms with Crippen LogP contribution in [-0.2, 0) is 9.59 Å². The summed E-state index contributed by atoms with van der Waals surface area (Å²) in [6.45, 7) is 2.01. The fourth-order valence-electron chi connectivity index (χ4n) is 0.920. The molecule has 0 unspecified atom stereocenters. The van der Waals surface area contributed by atoms with E-state index in [4.69, 9.17) is 5.11 Å². The van der Waals surface area contributed by atoms with Crippen LogP contribution in [0.1, 0.15) is 39.0 Å². The Morgan fingerprint density at radius 3 is 2.46 bits per heavy atom. The van der Waals surface area contributed by atoms with E-state index in [2.05, 4.69) is 0 Å². The lowest BCUT2D eigenvalue weighted by Crippen LogP contribution is -1.99. The summed E-state index contributed by atoms with van der Waals surface area (Å²) in [5.74, 6) is -0.720. The van der Waals surface area contributed by atoms with Crippen molar-refractivity contribution in [3.05, 3.63) is 12.2 Å². The van der Waals surface area contributed by atoms with Crippen LogP contribution in [0, 0.1) is 0 Å². The van der Waals surface area contributed by atoms with Crippen LogP contribution in [0.3, 0.4) is 0 Å². The standard InChI is InChI=1S/C10H16O3/c1-2-3-4-6-9(11)7-5-8-10(12)13/h3-4H,2,5-8H2,1H3,(H,12,13)/b4-3+. The summed E-state index contributed by atoms with van der Waals surface area (Å²) in [5, 5.41) is 8.32. The number of carboxylic acids is 1. The molecule has 0 atom stereocenters.